The van der Waals surface area contributed by atoms with E-state index in [9.17, 15) is 0 Å². The van der Waals surface area contributed by atoms with Crippen molar-refractivity contribution in [1.29, 1.82) is 0 Å². The number of guanidine groups is 1. The van der Waals surface area contributed by atoms with Crippen molar-refractivity contribution in [2.45, 2.75) is 52.0 Å². The van der Waals surface area contributed by atoms with Crippen molar-refractivity contribution in [3.63, 3.8) is 0 Å². The number of aliphatic imine (C=N–C) groups is 1. The van der Waals surface area contributed by atoms with Crippen LogP contribution in [0.4, 0.5) is 0 Å². The van der Waals surface area contributed by atoms with Gasteiger partial charge in [0, 0.05) is 6.54 Å². The number of hydrogen-bond donors (Lipinski definition) is 1. The van der Waals surface area contributed by atoms with Gasteiger partial charge in [0.1, 0.15) is 0 Å². The van der Waals surface area contributed by atoms with Crippen molar-refractivity contribution >= 4 is 5.96 Å². The first-order valence-electron chi connectivity index (χ1n) is 6.79. The van der Waals surface area contributed by atoms with Crippen molar-refractivity contribution < 1.29 is 0 Å². The molecule has 1 unspecified atom stereocenters. The molecule has 1 aliphatic heterocycles. The van der Waals surface area contributed by atoms with Gasteiger partial charge < -0.3 is 10.6 Å². The second kappa shape index (κ2) is 5.07. The highest BCUT2D eigenvalue weighted by atomic mass is 15.3. The summed E-state index contributed by atoms with van der Waals surface area (Å²) in [7, 11) is 0. The number of hydrogen-bond acceptors (Lipinski definition) is 3. The summed E-state index contributed by atoms with van der Waals surface area (Å²) in [4.78, 5) is 6.78. The molecule has 1 saturated carbocycles. The van der Waals surface area contributed by atoms with E-state index in [4.69, 9.17) is 5.73 Å². The fourth-order valence-electron chi connectivity index (χ4n) is 3.14. The third-order valence-electron chi connectivity index (χ3n) is 4.20. The Morgan fingerprint density at radius 1 is 1.31 bits per heavy atom. The zero-order valence-electron chi connectivity index (χ0n) is 10.7. The Morgan fingerprint density at radius 2 is 2.00 bits per heavy atom. The quantitative estimate of drug-likeness (QED) is 0.797. The average molecular weight is 223 g/mol. The third-order valence-corrected chi connectivity index (χ3v) is 4.20. The van der Waals surface area contributed by atoms with Crippen LogP contribution in [0.2, 0.25) is 0 Å². The standard InChI is InChI=1S/C13H25N3/c1-3-8-16-12(9-15-13(16)14)11-6-4-10(2)5-7-11/h10-12H,3-9H2,1-2H3,(H2,14,15). The first-order valence-corrected chi connectivity index (χ1v) is 6.79. The zero-order chi connectivity index (χ0) is 11.5. The Hall–Kier alpha value is -0.730. The van der Waals surface area contributed by atoms with E-state index in [2.05, 4.69) is 23.7 Å². The van der Waals surface area contributed by atoms with E-state index in [-0.39, 0.29) is 0 Å². The molecule has 2 N–H and O–H groups in total. The van der Waals surface area contributed by atoms with Crippen molar-refractivity contribution in [3.8, 4) is 0 Å². The molecule has 0 aromatic carbocycles. The van der Waals surface area contributed by atoms with E-state index < -0.39 is 0 Å². The van der Waals surface area contributed by atoms with Crippen LogP contribution in [0.5, 0.6) is 0 Å². The van der Waals surface area contributed by atoms with Gasteiger partial charge in [0.15, 0.2) is 5.96 Å². The predicted molar refractivity (Wildman–Crippen MR) is 68.4 cm³/mol. The maximum absolute atomic E-state index is 5.97. The van der Waals surface area contributed by atoms with Gasteiger partial charge in [0.2, 0.25) is 0 Å². The molecule has 0 aromatic heterocycles. The normalized spacial score (nSPS) is 35.2. The maximum Gasteiger partial charge on any atom is 0.191 e. The fraction of sp³-hybridized carbons (Fsp3) is 0.923. The molecule has 1 aliphatic carbocycles. The minimum atomic E-state index is 0.604. The van der Waals surface area contributed by atoms with Gasteiger partial charge in [0.05, 0.1) is 12.6 Å². The van der Waals surface area contributed by atoms with Gasteiger partial charge in [-0.05, 0) is 31.1 Å². The van der Waals surface area contributed by atoms with Crippen LogP contribution in [0.25, 0.3) is 0 Å². The SMILES string of the molecule is CCCN1C(N)=NCC1C1CCC(C)CC1. The molecule has 16 heavy (non-hydrogen) atoms. The molecular formula is C13H25N3. The Bertz CT molecular complexity index is 254. The Balaban J connectivity index is 1.94. The van der Waals surface area contributed by atoms with Crippen LogP contribution >= 0.6 is 0 Å². The van der Waals surface area contributed by atoms with E-state index in [0.29, 0.717) is 6.04 Å². The van der Waals surface area contributed by atoms with E-state index in [1.54, 1.807) is 0 Å². The van der Waals surface area contributed by atoms with Crippen molar-refractivity contribution in [3.05, 3.63) is 0 Å². The monoisotopic (exact) mass is 223 g/mol. The zero-order valence-corrected chi connectivity index (χ0v) is 10.7. The summed E-state index contributed by atoms with van der Waals surface area (Å²) in [5, 5.41) is 0. The molecule has 3 nitrogen and oxygen atoms in total. The van der Waals surface area contributed by atoms with Gasteiger partial charge in [-0.2, -0.15) is 0 Å². The molecule has 0 amide bonds. The molecule has 1 atom stereocenters. The van der Waals surface area contributed by atoms with E-state index in [0.717, 1.165) is 37.3 Å². The lowest BCUT2D eigenvalue weighted by atomic mass is 9.79. The van der Waals surface area contributed by atoms with Crippen LogP contribution in [0.1, 0.15) is 46.0 Å². The fourth-order valence-corrected chi connectivity index (χ4v) is 3.14. The molecule has 2 rings (SSSR count). The summed E-state index contributed by atoms with van der Waals surface area (Å²) >= 11 is 0. The molecule has 0 saturated heterocycles. The first kappa shape index (κ1) is 11.7. The van der Waals surface area contributed by atoms with Gasteiger partial charge in [-0.1, -0.05) is 26.7 Å². The van der Waals surface area contributed by atoms with Crippen LogP contribution in [-0.4, -0.2) is 30.0 Å². The van der Waals surface area contributed by atoms with Crippen LogP contribution in [0.3, 0.4) is 0 Å². The lowest BCUT2D eigenvalue weighted by molar-refractivity contribution is 0.180. The molecule has 1 heterocycles. The third kappa shape index (κ3) is 2.33. The molecular weight excluding hydrogens is 198 g/mol. The molecule has 0 bridgehead atoms. The van der Waals surface area contributed by atoms with Crippen molar-refractivity contribution in [2.24, 2.45) is 22.6 Å². The van der Waals surface area contributed by atoms with E-state index >= 15 is 0 Å². The predicted octanol–water partition coefficient (Wildman–Crippen LogP) is 2.22. The van der Waals surface area contributed by atoms with Gasteiger partial charge >= 0.3 is 0 Å². The summed E-state index contributed by atoms with van der Waals surface area (Å²) in [5.74, 6) is 2.54. The molecule has 0 radical (unpaired) electrons. The van der Waals surface area contributed by atoms with Crippen LogP contribution in [0, 0.1) is 11.8 Å². The van der Waals surface area contributed by atoms with Gasteiger partial charge in [-0.25, -0.2) is 0 Å². The van der Waals surface area contributed by atoms with Gasteiger partial charge in [-0.3, -0.25) is 4.99 Å². The largest absolute Gasteiger partial charge is 0.370 e. The highest BCUT2D eigenvalue weighted by Crippen LogP contribution is 2.33. The van der Waals surface area contributed by atoms with Crippen LogP contribution in [-0.2, 0) is 0 Å². The highest BCUT2D eigenvalue weighted by molar-refractivity contribution is 5.80. The van der Waals surface area contributed by atoms with E-state index in [1.807, 2.05) is 0 Å². The molecule has 3 heteroatoms. The molecule has 0 aromatic rings. The Morgan fingerprint density at radius 3 is 2.62 bits per heavy atom. The second-order valence-electron chi connectivity index (χ2n) is 5.48. The smallest absolute Gasteiger partial charge is 0.191 e. The van der Waals surface area contributed by atoms with Gasteiger partial charge in [0.25, 0.3) is 0 Å². The van der Waals surface area contributed by atoms with Crippen molar-refractivity contribution in [1.82, 2.24) is 4.90 Å². The first-order chi connectivity index (χ1) is 7.72. The summed E-state index contributed by atoms with van der Waals surface area (Å²) < 4.78 is 0. The average Bonchev–Trinajstić information content (AvgIpc) is 2.63. The second-order valence-corrected chi connectivity index (χ2v) is 5.48. The van der Waals surface area contributed by atoms with Crippen LogP contribution in [0.15, 0.2) is 4.99 Å². The van der Waals surface area contributed by atoms with E-state index in [1.165, 1.54) is 25.7 Å². The van der Waals surface area contributed by atoms with Gasteiger partial charge in [-0.15, -0.1) is 0 Å². The van der Waals surface area contributed by atoms with Crippen LogP contribution < -0.4 is 5.73 Å². The highest BCUT2D eigenvalue weighted by Gasteiger charge is 2.33. The topological polar surface area (TPSA) is 41.6 Å². The summed E-state index contributed by atoms with van der Waals surface area (Å²) in [5.41, 5.74) is 5.97. The lowest BCUT2D eigenvalue weighted by Gasteiger charge is -2.36. The number of nitrogens with two attached hydrogens (primary N) is 1. The van der Waals surface area contributed by atoms with Crippen molar-refractivity contribution in [2.75, 3.05) is 13.1 Å². The minimum absolute atomic E-state index is 0.604. The summed E-state index contributed by atoms with van der Waals surface area (Å²) in [6.45, 7) is 6.60. The summed E-state index contributed by atoms with van der Waals surface area (Å²) in [6, 6.07) is 0.604. The lowest BCUT2D eigenvalue weighted by Crippen LogP contribution is -2.45. The number of nitrogens with zero attached hydrogens (tertiary/aromatic N) is 2. The molecule has 1 fully saturated rings. The molecule has 0 spiro atoms. The maximum atomic E-state index is 5.97. The summed E-state index contributed by atoms with van der Waals surface area (Å²) in [6.07, 6.45) is 6.68. The Kier molecular flexibility index (Phi) is 3.72. The molecule has 92 valence electrons. The number of rotatable bonds is 3. The Labute approximate surface area is 99.1 Å². The minimum Gasteiger partial charge on any atom is -0.370 e. The molecule has 2 aliphatic rings.